The second-order valence-corrected chi connectivity index (χ2v) is 6.66. The molecule has 0 atom stereocenters. The molecule has 1 aliphatic heterocycles. The minimum atomic E-state index is -1.23. The van der Waals surface area contributed by atoms with Gasteiger partial charge in [0.1, 0.15) is 10.5 Å². The number of thiazole rings is 1. The van der Waals surface area contributed by atoms with Crippen molar-refractivity contribution in [2.45, 2.75) is 24.8 Å². The number of carbonyl (C=O) groups excluding carboxylic acids is 1. The van der Waals surface area contributed by atoms with E-state index in [0.29, 0.717) is 18.2 Å². The van der Waals surface area contributed by atoms with Crippen molar-refractivity contribution in [2.75, 3.05) is 13.2 Å². The van der Waals surface area contributed by atoms with Gasteiger partial charge in [0.15, 0.2) is 0 Å². The van der Waals surface area contributed by atoms with Gasteiger partial charge in [-0.25, -0.2) is 9.78 Å². The van der Waals surface area contributed by atoms with Crippen molar-refractivity contribution >= 4 is 23.2 Å². The summed E-state index contributed by atoms with van der Waals surface area (Å²) in [7, 11) is 0. The molecule has 3 rings (SSSR count). The molecule has 1 aliphatic rings. The Morgan fingerprint density at radius 1 is 1.25 bits per heavy atom. The lowest BCUT2D eigenvalue weighted by Gasteiger charge is -2.33. The molecule has 1 amide bonds. The van der Waals surface area contributed by atoms with Crippen LogP contribution in [0.1, 0.15) is 17.8 Å². The summed E-state index contributed by atoms with van der Waals surface area (Å²) in [5, 5.41) is 14.7. The van der Waals surface area contributed by atoms with Gasteiger partial charge in [0, 0.05) is 37.0 Å². The van der Waals surface area contributed by atoms with Crippen molar-refractivity contribution in [3.8, 4) is 11.3 Å². The van der Waals surface area contributed by atoms with Crippen molar-refractivity contribution in [3.63, 3.8) is 0 Å². The van der Waals surface area contributed by atoms with Gasteiger partial charge in [-0.15, -0.1) is 11.3 Å². The van der Waals surface area contributed by atoms with Crippen molar-refractivity contribution in [1.29, 1.82) is 0 Å². The molecule has 1 saturated heterocycles. The fourth-order valence-electron chi connectivity index (χ4n) is 2.69. The number of hydrogen-bond acceptors (Lipinski definition) is 5. The van der Waals surface area contributed by atoms with E-state index in [-0.39, 0.29) is 25.2 Å². The highest BCUT2D eigenvalue weighted by Crippen LogP contribution is 2.23. The predicted molar refractivity (Wildman–Crippen MR) is 89.8 cm³/mol. The van der Waals surface area contributed by atoms with Crippen LogP contribution in [0.25, 0.3) is 11.3 Å². The fourth-order valence-corrected chi connectivity index (χ4v) is 3.50. The van der Waals surface area contributed by atoms with E-state index in [0.717, 1.165) is 11.3 Å². The van der Waals surface area contributed by atoms with Crippen LogP contribution in [0, 0.1) is 0 Å². The first-order valence-electron chi connectivity index (χ1n) is 7.71. The number of ether oxygens (including phenoxy) is 1. The highest BCUT2D eigenvalue weighted by atomic mass is 32.1. The molecule has 126 valence electrons. The molecule has 0 unspecified atom stereocenters. The van der Waals surface area contributed by atoms with Crippen LogP contribution >= 0.6 is 11.3 Å². The number of amides is 1. The van der Waals surface area contributed by atoms with Crippen molar-refractivity contribution in [1.82, 2.24) is 10.3 Å². The molecule has 24 heavy (non-hydrogen) atoms. The van der Waals surface area contributed by atoms with Gasteiger partial charge in [0.2, 0.25) is 5.91 Å². The third-order valence-corrected chi connectivity index (χ3v) is 4.92. The standard InChI is InChI=1S/C17H18N2O4S/c20-14(19-17(16(21)22)6-8-23-9-7-17)10-15-18-13(11-24-15)12-4-2-1-3-5-12/h1-5,11H,6-10H2,(H,19,20)(H,21,22). The summed E-state index contributed by atoms with van der Waals surface area (Å²) < 4.78 is 5.20. The van der Waals surface area contributed by atoms with Gasteiger partial charge in [0.05, 0.1) is 12.1 Å². The highest BCUT2D eigenvalue weighted by Gasteiger charge is 2.41. The van der Waals surface area contributed by atoms with Gasteiger partial charge in [-0.05, 0) is 0 Å². The predicted octanol–water partition coefficient (Wildman–Crippen LogP) is 2.10. The number of benzene rings is 1. The average Bonchev–Trinajstić information content (AvgIpc) is 3.04. The van der Waals surface area contributed by atoms with E-state index in [4.69, 9.17) is 4.74 Å². The number of aliphatic carboxylic acids is 1. The van der Waals surface area contributed by atoms with E-state index in [2.05, 4.69) is 10.3 Å². The maximum atomic E-state index is 12.3. The third kappa shape index (κ3) is 3.63. The van der Waals surface area contributed by atoms with E-state index in [1.807, 2.05) is 35.7 Å². The Morgan fingerprint density at radius 3 is 2.62 bits per heavy atom. The van der Waals surface area contributed by atoms with Crippen molar-refractivity contribution in [3.05, 3.63) is 40.7 Å². The number of nitrogens with zero attached hydrogens (tertiary/aromatic N) is 1. The molecular weight excluding hydrogens is 328 g/mol. The van der Waals surface area contributed by atoms with Gasteiger partial charge < -0.3 is 15.2 Å². The summed E-state index contributed by atoms with van der Waals surface area (Å²) in [4.78, 5) is 28.3. The zero-order chi connectivity index (χ0) is 17.0. The molecule has 6 nitrogen and oxygen atoms in total. The highest BCUT2D eigenvalue weighted by molar-refractivity contribution is 7.10. The maximum Gasteiger partial charge on any atom is 0.329 e. The van der Waals surface area contributed by atoms with E-state index < -0.39 is 11.5 Å². The largest absolute Gasteiger partial charge is 0.480 e. The van der Waals surface area contributed by atoms with E-state index in [9.17, 15) is 14.7 Å². The third-order valence-electron chi connectivity index (χ3n) is 4.07. The van der Waals surface area contributed by atoms with Crippen LogP contribution in [0.2, 0.25) is 0 Å². The number of rotatable bonds is 5. The Balaban J connectivity index is 1.67. The maximum absolute atomic E-state index is 12.3. The molecule has 0 saturated carbocycles. The molecule has 7 heteroatoms. The molecule has 2 heterocycles. The van der Waals surface area contributed by atoms with Gasteiger partial charge in [0.25, 0.3) is 0 Å². The number of aromatic nitrogens is 1. The SMILES string of the molecule is O=C(Cc1nc(-c2ccccc2)cs1)NC1(C(=O)O)CCOCC1. The van der Waals surface area contributed by atoms with Gasteiger partial charge in [-0.3, -0.25) is 4.79 Å². The number of carboxylic acid groups (broad SMARTS) is 1. The number of nitrogens with one attached hydrogen (secondary N) is 1. The normalized spacial score (nSPS) is 16.5. The Bertz CT molecular complexity index is 723. The zero-order valence-electron chi connectivity index (χ0n) is 13.0. The Morgan fingerprint density at radius 2 is 1.96 bits per heavy atom. The van der Waals surface area contributed by atoms with Gasteiger partial charge >= 0.3 is 5.97 Å². The van der Waals surface area contributed by atoms with Crippen LogP contribution in [0.15, 0.2) is 35.7 Å². The summed E-state index contributed by atoms with van der Waals surface area (Å²) in [6.45, 7) is 0.671. The fraction of sp³-hybridized carbons (Fsp3) is 0.353. The second-order valence-electron chi connectivity index (χ2n) is 5.72. The van der Waals surface area contributed by atoms with Crippen LogP contribution < -0.4 is 5.32 Å². The molecule has 0 aliphatic carbocycles. The van der Waals surface area contributed by atoms with Crippen LogP contribution in [0.3, 0.4) is 0 Å². The minimum absolute atomic E-state index is 0.0768. The molecule has 1 fully saturated rings. The molecular formula is C17H18N2O4S. The van der Waals surface area contributed by atoms with Crippen molar-refractivity contribution < 1.29 is 19.4 Å². The zero-order valence-corrected chi connectivity index (χ0v) is 13.8. The molecule has 2 N–H and O–H groups in total. The molecule has 0 bridgehead atoms. The molecule has 1 aromatic heterocycles. The van der Waals surface area contributed by atoms with E-state index >= 15 is 0 Å². The first kappa shape index (κ1) is 16.6. The lowest BCUT2D eigenvalue weighted by molar-refractivity contribution is -0.152. The molecule has 2 aromatic rings. The summed E-state index contributed by atoms with van der Waals surface area (Å²) in [5.74, 6) is -1.34. The van der Waals surface area contributed by atoms with Crippen LogP contribution in [0.5, 0.6) is 0 Å². The summed E-state index contributed by atoms with van der Waals surface area (Å²) in [5.41, 5.74) is 0.587. The molecule has 1 aromatic carbocycles. The quantitative estimate of drug-likeness (QED) is 0.865. The summed E-state index contributed by atoms with van der Waals surface area (Å²) in [6, 6.07) is 9.72. The summed E-state index contributed by atoms with van der Waals surface area (Å²) in [6.07, 6.45) is 0.635. The van der Waals surface area contributed by atoms with Gasteiger partial charge in [-0.2, -0.15) is 0 Å². The van der Waals surface area contributed by atoms with Crippen molar-refractivity contribution in [2.24, 2.45) is 0 Å². The lowest BCUT2D eigenvalue weighted by atomic mass is 9.90. The number of hydrogen-bond donors (Lipinski definition) is 2. The number of carbonyl (C=O) groups is 2. The average molecular weight is 346 g/mol. The van der Waals surface area contributed by atoms with Crippen LogP contribution in [-0.2, 0) is 20.7 Å². The smallest absolute Gasteiger partial charge is 0.329 e. The molecule has 0 spiro atoms. The first-order chi connectivity index (χ1) is 11.6. The molecule has 0 radical (unpaired) electrons. The summed E-state index contributed by atoms with van der Waals surface area (Å²) >= 11 is 1.40. The van der Waals surface area contributed by atoms with E-state index in [1.54, 1.807) is 0 Å². The second kappa shape index (κ2) is 7.11. The number of carboxylic acids is 1. The van der Waals surface area contributed by atoms with Crippen LogP contribution in [0.4, 0.5) is 0 Å². The lowest BCUT2D eigenvalue weighted by Crippen LogP contribution is -2.57. The monoisotopic (exact) mass is 346 g/mol. The van der Waals surface area contributed by atoms with Gasteiger partial charge in [-0.1, -0.05) is 30.3 Å². The minimum Gasteiger partial charge on any atom is -0.480 e. The first-order valence-corrected chi connectivity index (χ1v) is 8.59. The topological polar surface area (TPSA) is 88.5 Å². The Hall–Kier alpha value is -2.25. The van der Waals surface area contributed by atoms with E-state index in [1.165, 1.54) is 11.3 Å². The Kier molecular flexibility index (Phi) is 4.92. The van der Waals surface area contributed by atoms with Crippen LogP contribution in [-0.4, -0.2) is 40.7 Å². The Labute approximate surface area is 143 Å².